The second kappa shape index (κ2) is 6.07. The Morgan fingerprint density at radius 2 is 2.14 bits per heavy atom. The Morgan fingerprint density at radius 1 is 1.27 bits per heavy atom. The van der Waals surface area contributed by atoms with E-state index in [0.29, 0.717) is 28.6 Å². The van der Waals surface area contributed by atoms with Crippen molar-refractivity contribution in [2.45, 2.75) is 6.54 Å². The largest absolute Gasteiger partial charge is 0.482 e. The summed E-state index contributed by atoms with van der Waals surface area (Å²) in [5.41, 5.74) is 2.03. The van der Waals surface area contributed by atoms with Gasteiger partial charge in [0.15, 0.2) is 6.61 Å². The minimum atomic E-state index is -0.200. The highest BCUT2D eigenvalue weighted by Crippen LogP contribution is 2.28. The first kappa shape index (κ1) is 14.4. The summed E-state index contributed by atoms with van der Waals surface area (Å²) >= 11 is 5.87. The summed E-state index contributed by atoms with van der Waals surface area (Å²) < 4.78 is 5.34. The van der Waals surface area contributed by atoms with Crippen LogP contribution in [0.5, 0.6) is 5.75 Å². The molecule has 0 bridgehead atoms. The number of ether oxygens (including phenoxy) is 1. The zero-order valence-corrected chi connectivity index (χ0v) is 12.3. The van der Waals surface area contributed by atoms with Gasteiger partial charge in [0.05, 0.1) is 5.69 Å². The van der Waals surface area contributed by atoms with Gasteiger partial charge in [0.25, 0.3) is 11.8 Å². The van der Waals surface area contributed by atoms with Crippen LogP contribution in [0.3, 0.4) is 0 Å². The Morgan fingerprint density at radius 3 is 2.95 bits per heavy atom. The Hall–Kier alpha value is -2.53. The molecule has 0 radical (unpaired) electrons. The van der Waals surface area contributed by atoms with Crippen molar-refractivity contribution in [3.8, 4) is 5.75 Å². The topological polar surface area (TPSA) is 67.4 Å². The van der Waals surface area contributed by atoms with E-state index in [9.17, 15) is 9.59 Å². The molecule has 2 N–H and O–H groups in total. The predicted octanol–water partition coefficient (Wildman–Crippen LogP) is 2.60. The van der Waals surface area contributed by atoms with E-state index in [-0.39, 0.29) is 18.4 Å². The van der Waals surface area contributed by atoms with Crippen molar-refractivity contribution in [2.75, 3.05) is 11.9 Å². The van der Waals surface area contributed by atoms with Crippen molar-refractivity contribution < 1.29 is 14.3 Å². The molecule has 0 spiro atoms. The molecule has 0 aromatic heterocycles. The van der Waals surface area contributed by atoms with Crippen LogP contribution in [0.1, 0.15) is 15.9 Å². The average molecular weight is 317 g/mol. The number of benzene rings is 2. The van der Waals surface area contributed by atoms with Crippen LogP contribution in [0.15, 0.2) is 42.5 Å². The summed E-state index contributed by atoms with van der Waals surface area (Å²) in [6.07, 6.45) is 0. The molecule has 3 rings (SSSR count). The summed E-state index contributed by atoms with van der Waals surface area (Å²) in [5, 5.41) is 6.05. The van der Waals surface area contributed by atoms with Gasteiger partial charge in [-0.25, -0.2) is 0 Å². The number of carbonyl (C=O) groups is 2. The molecular formula is C16H13ClN2O3. The third-order valence-electron chi connectivity index (χ3n) is 3.22. The highest BCUT2D eigenvalue weighted by atomic mass is 35.5. The lowest BCUT2D eigenvalue weighted by atomic mass is 10.1. The molecule has 0 atom stereocenters. The molecule has 2 amide bonds. The third kappa shape index (κ3) is 3.20. The lowest BCUT2D eigenvalue weighted by Crippen LogP contribution is -2.26. The maximum Gasteiger partial charge on any atom is 0.262 e. The van der Waals surface area contributed by atoms with Crippen LogP contribution >= 0.6 is 11.6 Å². The van der Waals surface area contributed by atoms with E-state index >= 15 is 0 Å². The number of nitrogens with one attached hydrogen (secondary N) is 2. The Kier molecular flexibility index (Phi) is 3.98. The molecule has 2 aromatic carbocycles. The number of hydrogen-bond donors (Lipinski definition) is 2. The molecule has 0 saturated carbocycles. The Balaban J connectivity index is 1.67. The SMILES string of the molecule is O=C1COc2cc(CNC(=O)c3cccc(Cl)c3)ccc2N1. The van der Waals surface area contributed by atoms with E-state index in [4.69, 9.17) is 16.3 Å². The fourth-order valence-corrected chi connectivity index (χ4v) is 2.33. The van der Waals surface area contributed by atoms with Crippen LogP contribution in [0.4, 0.5) is 5.69 Å². The van der Waals surface area contributed by atoms with E-state index < -0.39 is 0 Å². The van der Waals surface area contributed by atoms with Crippen molar-refractivity contribution in [2.24, 2.45) is 0 Å². The molecule has 2 aromatic rings. The van der Waals surface area contributed by atoms with Gasteiger partial charge < -0.3 is 15.4 Å². The van der Waals surface area contributed by atoms with Gasteiger partial charge >= 0.3 is 0 Å². The second-order valence-corrected chi connectivity index (χ2v) is 5.30. The van der Waals surface area contributed by atoms with Gasteiger partial charge in [0.2, 0.25) is 0 Å². The maximum atomic E-state index is 12.0. The van der Waals surface area contributed by atoms with Crippen molar-refractivity contribution in [1.29, 1.82) is 0 Å². The fraction of sp³-hybridized carbons (Fsp3) is 0.125. The molecule has 1 aliphatic heterocycles. The lowest BCUT2D eigenvalue weighted by molar-refractivity contribution is -0.118. The number of anilines is 1. The van der Waals surface area contributed by atoms with E-state index in [0.717, 1.165) is 5.56 Å². The molecule has 112 valence electrons. The second-order valence-electron chi connectivity index (χ2n) is 4.86. The first-order valence-electron chi connectivity index (χ1n) is 6.71. The molecule has 6 heteroatoms. The number of fused-ring (bicyclic) bond motifs is 1. The zero-order valence-electron chi connectivity index (χ0n) is 11.6. The smallest absolute Gasteiger partial charge is 0.262 e. The molecule has 0 unspecified atom stereocenters. The van der Waals surface area contributed by atoms with Crippen molar-refractivity contribution in [3.05, 3.63) is 58.6 Å². The van der Waals surface area contributed by atoms with E-state index in [2.05, 4.69) is 10.6 Å². The molecular weight excluding hydrogens is 304 g/mol. The fourth-order valence-electron chi connectivity index (χ4n) is 2.14. The van der Waals surface area contributed by atoms with Crippen LogP contribution in [0, 0.1) is 0 Å². The Labute approximate surface area is 132 Å². The number of carbonyl (C=O) groups excluding carboxylic acids is 2. The van der Waals surface area contributed by atoms with Crippen LogP contribution in [0.2, 0.25) is 5.02 Å². The molecule has 5 nitrogen and oxygen atoms in total. The minimum absolute atomic E-state index is 0.00528. The van der Waals surface area contributed by atoms with Gasteiger partial charge in [0.1, 0.15) is 5.75 Å². The first-order chi connectivity index (χ1) is 10.6. The third-order valence-corrected chi connectivity index (χ3v) is 3.45. The molecule has 22 heavy (non-hydrogen) atoms. The van der Waals surface area contributed by atoms with Crippen molar-refractivity contribution >= 4 is 29.1 Å². The van der Waals surface area contributed by atoms with Gasteiger partial charge in [0, 0.05) is 17.1 Å². The highest BCUT2D eigenvalue weighted by molar-refractivity contribution is 6.30. The van der Waals surface area contributed by atoms with Gasteiger partial charge in [-0.15, -0.1) is 0 Å². The summed E-state index contributed by atoms with van der Waals surface area (Å²) in [6.45, 7) is 0.362. The van der Waals surface area contributed by atoms with Crippen molar-refractivity contribution in [3.63, 3.8) is 0 Å². The molecule has 0 aliphatic carbocycles. The molecule has 1 aliphatic rings. The Bertz CT molecular complexity index is 746. The standard InChI is InChI=1S/C16H13ClN2O3/c17-12-3-1-2-11(7-12)16(21)18-8-10-4-5-13-14(6-10)22-9-15(20)19-13/h1-7H,8-9H2,(H,18,21)(H,19,20). The predicted molar refractivity (Wildman–Crippen MR) is 83.2 cm³/mol. The molecule has 0 fully saturated rings. The first-order valence-corrected chi connectivity index (χ1v) is 7.09. The van der Waals surface area contributed by atoms with Crippen LogP contribution in [-0.2, 0) is 11.3 Å². The van der Waals surface area contributed by atoms with Gasteiger partial charge in [-0.2, -0.15) is 0 Å². The zero-order chi connectivity index (χ0) is 15.5. The monoisotopic (exact) mass is 316 g/mol. The molecule has 1 heterocycles. The highest BCUT2D eigenvalue weighted by Gasteiger charge is 2.16. The normalized spacial score (nSPS) is 12.9. The van der Waals surface area contributed by atoms with E-state index in [1.165, 1.54) is 0 Å². The lowest BCUT2D eigenvalue weighted by Gasteiger charge is -2.18. The van der Waals surface area contributed by atoms with Crippen LogP contribution < -0.4 is 15.4 Å². The summed E-state index contributed by atoms with van der Waals surface area (Å²) in [7, 11) is 0. The van der Waals surface area contributed by atoms with Crippen LogP contribution in [-0.4, -0.2) is 18.4 Å². The summed E-state index contributed by atoms with van der Waals surface area (Å²) in [5.74, 6) is 0.234. The van der Waals surface area contributed by atoms with E-state index in [1.807, 2.05) is 6.07 Å². The average Bonchev–Trinajstić information content (AvgIpc) is 2.52. The number of hydrogen-bond acceptors (Lipinski definition) is 3. The number of amides is 2. The van der Waals surface area contributed by atoms with Crippen molar-refractivity contribution in [1.82, 2.24) is 5.32 Å². The van der Waals surface area contributed by atoms with Crippen LogP contribution in [0.25, 0.3) is 0 Å². The van der Waals surface area contributed by atoms with Gasteiger partial charge in [-0.3, -0.25) is 9.59 Å². The number of halogens is 1. The maximum absolute atomic E-state index is 12.0. The minimum Gasteiger partial charge on any atom is -0.482 e. The van der Waals surface area contributed by atoms with E-state index in [1.54, 1.807) is 36.4 Å². The summed E-state index contributed by atoms with van der Waals surface area (Å²) in [4.78, 5) is 23.3. The van der Waals surface area contributed by atoms with Gasteiger partial charge in [-0.05, 0) is 35.9 Å². The molecule has 0 saturated heterocycles. The van der Waals surface area contributed by atoms with Gasteiger partial charge in [-0.1, -0.05) is 23.7 Å². The number of rotatable bonds is 3. The summed E-state index contributed by atoms with van der Waals surface area (Å²) in [6, 6.07) is 12.1. The quantitative estimate of drug-likeness (QED) is 0.914.